The Balaban J connectivity index is 1.58. The third-order valence-electron chi connectivity index (χ3n) is 6.46. The van der Waals surface area contributed by atoms with Crippen molar-refractivity contribution < 1.29 is 19.1 Å². The number of alkyl carbamates (subject to hydrolysis) is 1. The highest BCUT2D eigenvalue weighted by Gasteiger charge is 2.25. The van der Waals surface area contributed by atoms with Gasteiger partial charge in [0.05, 0.1) is 25.0 Å². The maximum Gasteiger partial charge on any atom is 0.408 e. The van der Waals surface area contributed by atoms with Crippen LogP contribution in [0.25, 0.3) is 5.57 Å². The Bertz CT molecular complexity index is 1150. The second kappa shape index (κ2) is 12.1. The van der Waals surface area contributed by atoms with Crippen molar-refractivity contribution in [1.82, 2.24) is 15.3 Å². The van der Waals surface area contributed by atoms with E-state index in [-0.39, 0.29) is 11.7 Å². The molecule has 37 heavy (non-hydrogen) atoms. The van der Waals surface area contributed by atoms with E-state index in [9.17, 15) is 9.59 Å². The molecular formula is C29H37N3O4S. The number of aryl methyl sites for hydroxylation is 1. The van der Waals surface area contributed by atoms with Gasteiger partial charge in [0, 0.05) is 5.75 Å². The summed E-state index contributed by atoms with van der Waals surface area (Å²) in [7, 11) is 1.38. The molecule has 2 aromatic rings. The monoisotopic (exact) mass is 523 g/mol. The number of rotatable bonds is 6. The van der Waals surface area contributed by atoms with E-state index in [1.807, 2.05) is 32.9 Å². The van der Waals surface area contributed by atoms with E-state index in [1.165, 1.54) is 25.5 Å². The lowest BCUT2D eigenvalue weighted by Gasteiger charge is -2.26. The first-order chi connectivity index (χ1) is 17.7. The second-order valence-corrected chi connectivity index (χ2v) is 11.7. The minimum atomic E-state index is -0.571. The van der Waals surface area contributed by atoms with Crippen molar-refractivity contribution >= 4 is 29.4 Å². The highest BCUT2D eigenvalue weighted by Crippen LogP contribution is 2.35. The van der Waals surface area contributed by atoms with Crippen molar-refractivity contribution in [3.63, 3.8) is 0 Å². The first-order valence-corrected chi connectivity index (χ1v) is 14.1. The van der Waals surface area contributed by atoms with Gasteiger partial charge >= 0.3 is 12.1 Å². The first kappa shape index (κ1) is 27.2. The van der Waals surface area contributed by atoms with Crippen LogP contribution in [0.1, 0.15) is 92.6 Å². The van der Waals surface area contributed by atoms with Crippen LogP contribution in [0.2, 0.25) is 0 Å². The first-order valence-electron chi connectivity index (χ1n) is 13.1. The van der Waals surface area contributed by atoms with Gasteiger partial charge in [-0.1, -0.05) is 30.3 Å². The zero-order valence-electron chi connectivity index (χ0n) is 22.2. The van der Waals surface area contributed by atoms with Gasteiger partial charge in [0.2, 0.25) is 0 Å². The van der Waals surface area contributed by atoms with E-state index in [0.29, 0.717) is 18.5 Å². The lowest BCUT2D eigenvalue weighted by Crippen LogP contribution is -2.35. The van der Waals surface area contributed by atoms with E-state index < -0.39 is 17.7 Å². The number of hydrogen-bond donors (Lipinski definition) is 1. The normalized spacial score (nSPS) is 19.7. The number of carbonyl (C=O) groups is 2. The molecule has 0 saturated heterocycles. The summed E-state index contributed by atoms with van der Waals surface area (Å²) in [6.07, 6.45) is 9.89. The lowest BCUT2D eigenvalue weighted by molar-refractivity contribution is 0.0500. The summed E-state index contributed by atoms with van der Waals surface area (Å²) in [4.78, 5) is 34.7. The summed E-state index contributed by atoms with van der Waals surface area (Å²) in [6.45, 7) is 5.58. The minimum Gasteiger partial charge on any atom is -0.464 e. The van der Waals surface area contributed by atoms with Gasteiger partial charge in [-0.25, -0.2) is 14.6 Å². The summed E-state index contributed by atoms with van der Waals surface area (Å²) < 4.78 is 10.6. The van der Waals surface area contributed by atoms with Gasteiger partial charge in [0.1, 0.15) is 10.6 Å². The highest BCUT2D eigenvalue weighted by molar-refractivity contribution is 7.99. The van der Waals surface area contributed by atoms with Crippen LogP contribution in [-0.2, 0) is 15.9 Å². The Morgan fingerprint density at radius 3 is 2.65 bits per heavy atom. The maximum absolute atomic E-state index is 12.7. The van der Waals surface area contributed by atoms with E-state index in [0.717, 1.165) is 47.1 Å². The zero-order valence-corrected chi connectivity index (χ0v) is 23.0. The Morgan fingerprint density at radius 2 is 1.92 bits per heavy atom. The molecule has 0 unspecified atom stereocenters. The molecule has 1 amide bonds. The smallest absolute Gasteiger partial charge is 0.408 e. The van der Waals surface area contributed by atoms with Crippen LogP contribution >= 0.6 is 11.8 Å². The van der Waals surface area contributed by atoms with Crippen LogP contribution in [0.3, 0.4) is 0 Å². The van der Waals surface area contributed by atoms with E-state index >= 15 is 0 Å². The molecule has 7 nitrogen and oxygen atoms in total. The van der Waals surface area contributed by atoms with Gasteiger partial charge in [-0.3, -0.25) is 4.98 Å². The third-order valence-corrected chi connectivity index (χ3v) is 7.59. The molecule has 2 aliphatic rings. The maximum atomic E-state index is 12.7. The molecule has 198 valence electrons. The molecule has 1 atom stereocenters. The fourth-order valence-electron chi connectivity index (χ4n) is 4.47. The van der Waals surface area contributed by atoms with Crippen molar-refractivity contribution in [3.8, 4) is 0 Å². The number of amides is 1. The van der Waals surface area contributed by atoms with Gasteiger partial charge in [0.15, 0.2) is 5.69 Å². The summed E-state index contributed by atoms with van der Waals surface area (Å²) in [5.41, 5.74) is 3.61. The standard InChI is InChI=1S/C29H37N3O4S/c1-29(2,3)36-28(34)31-23-14-8-12-21(11-7-10-20-9-5-6-13-22(20)23)25-26(27(33)35-4)32-24(17-30-25)37-18-19-15-16-19/h5-6,9,12-13,17,19,23H,7-8,10-11,14-16,18H2,1-4H3,(H,31,34)/b21-12+/t23-/m0/s1. The molecule has 2 aliphatic carbocycles. The molecular weight excluding hydrogens is 486 g/mol. The number of thioether (sulfide) groups is 1. The van der Waals surface area contributed by atoms with Crippen LogP contribution in [0.4, 0.5) is 4.79 Å². The number of methoxy groups -OCH3 is 1. The zero-order chi connectivity index (χ0) is 26.4. The highest BCUT2D eigenvalue weighted by atomic mass is 32.2. The number of carbonyl (C=O) groups excluding carboxylic acids is 2. The Kier molecular flexibility index (Phi) is 8.90. The van der Waals surface area contributed by atoms with Crippen LogP contribution in [0, 0.1) is 5.92 Å². The third kappa shape index (κ3) is 7.81. The molecule has 1 N–H and O–H groups in total. The van der Waals surface area contributed by atoms with Crippen LogP contribution in [-0.4, -0.2) is 40.5 Å². The fraction of sp³-hybridized carbons (Fsp3) is 0.517. The molecule has 1 aromatic heterocycles. The van der Waals surface area contributed by atoms with Crippen LogP contribution in [0.5, 0.6) is 0 Å². The van der Waals surface area contributed by atoms with Gasteiger partial charge in [-0.05, 0) is 88.3 Å². The number of hydrogen-bond acceptors (Lipinski definition) is 7. The number of nitrogens with zero attached hydrogens (tertiary/aromatic N) is 2. The van der Waals surface area contributed by atoms with E-state index in [1.54, 1.807) is 18.0 Å². The number of benzene rings is 1. The molecule has 8 heteroatoms. The SMILES string of the molecule is COC(=O)c1nc(SCC2CC2)cnc1/C1=C/CC[C@H](NC(=O)OC(C)(C)C)c2ccccc2CCC1. The predicted octanol–water partition coefficient (Wildman–Crippen LogP) is 6.53. The Morgan fingerprint density at radius 1 is 1.14 bits per heavy atom. The molecule has 1 saturated carbocycles. The predicted molar refractivity (Wildman–Crippen MR) is 146 cm³/mol. The topological polar surface area (TPSA) is 90.4 Å². The molecule has 4 rings (SSSR count). The molecule has 1 aromatic carbocycles. The average Bonchev–Trinajstić information content (AvgIpc) is 3.69. The molecule has 1 fully saturated rings. The van der Waals surface area contributed by atoms with Gasteiger partial charge in [-0.15, -0.1) is 11.8 Å². The minimum absolute atomic E-state index is 0.186. The average molecular weight is 524 g/mol. The molecule has 0 spiro atoms. The fourth-order valence-corrected chi connectivity index (χ4v) is 5.49. The summed E-state index contributed by atoms with van der Waals surface area (Å²) >= 11 is 1.65. The number of allylic oxidation sites excluding steroid dienone is 2. The number of aromatic nitrogens is 2. The van der Waals surface area contributed by atoms with Crippen molar-refractivity contribution in [2.24, 2.45) is 5.92 Å². The van der Waals surface area contributed by atoms with Crippen molar-refractivity contribution in [2.75, 3.05) is 12.9 Å². The summed E-state index contributed by atoms with van der Waals surface area (Å²) in [5, 5.41) is 3.84. The molecule has 0 radical (unpaired) electrons. The van der Waals surface area contributed by atoms with Gasteiger partial charge in [0.25, 0.3) is 0 Å². The van der Waals surface area contributed by atoms with Crippen molar-refractivity contribution in [1.29, 1.82) is 0 Å². The summed E-state index contributed by atoms with van der Waals surface area (Å²) in [6, 6.07) is 8.06. The number of fused-ring (bicyclic) bond motifs is 1. The molecule has 0 bridgehead atoms. The number of esters is 1. The van der Waals surface area contributed by atoms with Crippen molar-refractivity contribution in [3.05, 3.63) is 59.1 Å². The number of ether oxygens (including phenoxy) is 2. The van der Waals surface area contributed by atoms with Crippen LogP contribution in [0.15, 0.2) is 41.6 Å². The molecule has 1 heterocycles. The van der Waals surface area contributed by atoms with E-state index in [2.05, 4.69) is 28.5 Å². The molecule has 0 aliphatic heterocycles. The van der Waals surface area contributed by atoms with Gasteiger partial charge in [-0.2, -0.15) is 0 Å². The second-order valence-electron chi connectivity index (χ2n) is 10.7. The summed E-state index contributed by atoms with van der Waals surface area (Å²) in [5.74, 6) is 1.28. The number of nitrogens with one attached hydrogen (secondary N) is 1. The Labute approximate surface area is 223 Å². The van der Waals surface area contributed by atoms with Crippen molar-refractivity contribution in [2.45, 2.75) is 82.4 Å². The quantitative estimate of drug-likeness (QED) is 0.340. The van der Waals surface area contributed by atoms with Gasteiger partial charge < -0.3 is 14.8 Å². The largest absolute Gasteiger partial charge is 0.464 e. The van der Waals surface area contributed by atoms with E-state index in [4.69, 9.17) is 14.5 Å². The Hall–Kier alpha value is -2.87. The van der Waals surface area contributed by atoms with Crippen LogP contribution < -0.4 is 5.32 Å². The lowest BCUT2D eigenvalue weighted by atomic mass is 9.90.